The van der Waals surface area contributed by atoms with Crippen molar-refractivity contribution in [3.63, 3.8) is 0 Å². The highest BCUT2D eigenvalue weighted by Crippen LogP contribution is 2.34. The van der Waals surface area contributed by atoms with Crippen molar-refractivity contribution < 1.29 is 0 Å². The summed E-state index contributed by atoms with van der Waals surface area (Å²) in [4.78, 5) is 0. The van der Waals surface area contributed by atoms with Gasteiger partial charge in [-0.15, -0.1) is 0 Å². The predicted octanol–water partition coefficient (Wildman–Crippen LogP) is 5.38. The van der Waals surface area contributed by atoms with Crippen LogP contribution in [0.1, 0.15) is 34.7 Å². The molecular formula is C22H21N. The van der Waals surface area contributed by atoms with Crippen molar-refractivity contribution in [1.82, 2.24) is 0 Å². The summed E-state index contributed by atoms with van der Waals surface area (Å²) in [5.41, 5.74) is 6.93. The van der Waals surface area contributed by atoms with Crippen LogP contribution in [0.3, 0.4) is 0 Å². The highest BCUT2D eigenvalue weighted by Gasteiger charge is 2.22. The molecule has 23 heavy (non-hydrogen) atoms. The van der Waals surface area contributed by atoms with Crippen LogP contribution in [-0.2, 0) is 12.8 Å². The Morgan fingerprint density at radius 3 is 2.43 bits per heavy atom. The lowest BCUT2D eigenvalue weighted by atomic mass is 10.0. The van der Waals surface area contributed by atoms with E-state index in [2.05, 4.69) is 84.2 Å². The van der Waals surface area contributed by atoms with Gasteiger partial charge in [0.05, 0.1) is 6.04 Å². The standard InChI is InChI=1S/C22H21N/c1-2-8-17(9-3-1)16-19-11-5-7-13-21(19)23-22-15-14-18-10-4-6-12-20(18)22/h1-13,22-23H,14-16H2. The summed E-state index contributed by atoms with van der Waals surface area (Å²) in [6.45, 7) is 0. The van der Waals surface area contributed by atoms with Gasteiger partial charge in [-0.1, -0.05) is 72.8 Å². The molecule has 0 fully saturated rings. The number of hydrogen-bond donors (Lipinski definition) is 1. The predicted molar refractivity (Wildman–Crippen MR) is 96.8 cm³/mol. The topological polar surface area (TPSA) is 12.0 Å². The maximum atomic E-state index is 3.79. The Balaban J connectivity index is 1.58. The normalized spacial score (nSPS) is 16.1. The van der Waals surface area contributed by atoms with Crippen LogP contribution in [0, 0.1) is 0 Å². The molecule has 0 amide bonds. The Morgan fingerprint density at radius 1 is 0.783 bits per heavy atom. The zero-order chi connectivity index (χ0) is 15.5. The minimum absolute atomic E-state index is 0.433. The minimum Gasteiger partial charge on any atom is -0.378 e. The van der Waals surface area contributed by atoms with Gasteiger partial charge in [0.1, 0.15) is 0 Å². The van der Waals surface area contributed by atoms with E-state index in [1.54, 1.807) is 0 Å². The summed E-state index contributed by atoms with van der Waals surface area (Å²) in [6.07, 6.45) is 3.33. The van der Waals surface area contributed by atoms with E-state index in [0.717, 1.165) is 6.42 Å². The van der Waals surface area contributed by atoms with E-state index in [1.807, 2.05) is 0 Å². The molecule has 0 spiro atoms. The molecule has 1 N–H and O–H groups in total. The molecule has 0 aliphatic heterocycles. The number of fused-ring (bicyclic) bond motifs is 1. The molecule has 4 rings (SSSR count). The fourth-order valence-electron chi connectivity index (χ4n) is 3.53. The van der Waals surface area contributed by atoms with Crippen molar-refractivity contribution in [3.05, 3.63) is 101 Å². The summed E-state index contributed by atoms with van der Waals surface area (Å²) in [6, 6.07) is 28.6. The van der Waals surface area contributed by atoms with Gasteiger partial charge in [0.15, 0.2) is 0 Å². The van der Waals surface area contributed by atoms with Gasteiger partial charge in [-0.3, -0.25) is 0 Å². The summed E-state index contributed by atoms with van der Waals surface area (Å²) in [5, 5.41) is 3.79. The molecule has 114 valence electrons. The molecule has 0 aromatic heterocycles. The van der Waals surface area contributed by atoms with Crippen LogP contribution in [0.2, 0.25) is 0 Å². The molecule has 0 heterocycles. The van der Waals surface area contributed by atoms with Crippen LogP contribution < -0.4 is 5.32 Å². The number of para-hydroxylation sites is 1. The monoisotopic (exact) mass is 299 g/mol. The van der Waals surface area contributed by atoms with E-state index in [-0.39, 0.29) is 0 Å². The quantitative estimate of drug-likeness (QED) is 0.682. The molecule has 1 heteroatoms. The molecule has 3 aromatic rings. The molecule has 0 saturated heterocycles. The van der Waals surface area contributed by atoms with Crippen molar-refractivity contribution in [2.75, 3.05) is 5.32 Å². The van der Waals surface area contributed by atoms with E-state index in [0.29, 0.717) is 6.04 Å². The number of anilines is 1. The lowest BCUT2D eigenvalue weighted by Gasteiger charge is -2.18. The van der Waals surface area contributed by atoms with Crippen LogP contribution in [0.4, 0.5) is 5.69 Å². The van der Waals surface area contributed by atoms with Crippen LogP contribution in [0.15, 0.2) is 78.9 Å². The van der Waals surface area contributed by atoms with Crippen molar-refractivity contribution in [2.24, 2.45) is 0 Å². The molecule has 0 bridgehead atoms. The number of rotatable bonds is 4. The smallest absolute Gasteiger partial charge is 0.0519 e. The van der Waals surface area contributed by atoms with Gasteiger partial charge in [-0.25, -0.2) is 0 Å². The van der Waals surface area contributed by atoms with E-state index >= 15 is 0 Å². The highest BCUT2D eigenvalue weighted by molar-refractivity contribution is 5.55. The average molecular weight is 299 g/mol. The van der Waals surface area contributed by atoms with E-state index < -0.39 is 0 Å². The minimum atomic E-state index is 0.433. The third-order valence-electron chi connectivity index (χ3n) is 4.72. The van der Waals surface area contributed by atoms with E-state index in [4.69, 9.17) is 0 Å². The SMILES string of the molecule is c1ccc(Cc2ccccc2NC2CCc3ccccc32)cc1. The van der Waals surface area contributed by atoms with E-state index in [1.165, 1.54) is 40.8 Å². The van der Waals surface area contributed by atoms with Gasteiger partial charge in [0.2, 0.25) is 0 Å². The molecule has 1 nitrogen and oxygen atoms in total. The number of hydrogen-bond acceptors (Lipinski definition) is 1. The van der Waals surface area contributed by atoms with Crippen LogP contribution in [-0.4, -0.2) is 0 Å². The Bertz CT molecular complexity index is 792. The first kappa shape index (κ1) is 14.1. The van der Waals surface area contributed by atoms with Gasteiger partial charge < -0.3 is 5.32 Å². The van der Waals surface area contributed by atoms with E-state index in [9.17, 15) is 0 Å². The number of benzene rings is 3. The first-order chi connectivity index (χ1) is 11.4. The summed E-state index contributed by atoms with van der Waals surface area (Å²) >= 11 is 0. The fourth-order valence-corrected chi connectivity index (χ4v) is 3.53. The van der Waals surface area contributed by atoms with Crippen molar-refractivity contribution in [2.45, 2.75) is 25.3 Å². The van der Waals surface area contributed by atoms with Crippen LogP contribution in [0.25, 0.3) is 0 Å². The number of aryl methyl sites for hydroxylation is 1. The molecular weight excluding hydrogens is 278 g/mol. The highest BCUT2D eigenvalue weighted by atomic mass is 14.9. The van der Waals surface area contributed by atoms with Gasteiger partial charge in [-0.05, 0) is 47.6 Å². The molecule has 1 aliphatic rings. The fraction of sp³-hybridized carbons (Fsp3) is 0.182. The largest absolute Gasteiger partial charge is 0.378 e. The molecule has 0 radical (unpaired) electrons. The molecule has 1 aliphatic carbocycles. The average Bonchev–Trinajstić information content (AvgIpc) is 3.01. The van der Waals surface area contributed by atoms with Gasteiger partial charge in [0.25, 0.3) is 0 Å². The first-order valence-corrected chi connectivity index (χ1v) is 8.36. The van der Waals surface area contributed by atoms with Crippen LogP contribution >= 0.6 is 0 Å². The number of nitrogens with one attached hydrogen (secondary N) is 1. The third-order valence-corrected chi connectivity index (χ3v) is 4.72. The summed E-state index contributed by atoms with van der Waals surface area (Å²) < 4.78 is 0. The molecule has 1 atom stereocenters. The summed E-state index contributed by atoms with van der Waals surface area (Å²) in [7, 11) is 0. The zero-order valence-corrected chi connectivity index (χ0v) is 13.2. The Labute approximate surface area is 138 Å². The molecule has 3 aromatic carbocycles. The van der Waals surface area contributed by atoms with Crippen molar-refractivity contribution in [3.8, 4) is 0 Å². The Morgan fingerprint density at radius 2 is 1.52 bits per heavy atom. The second kappa shape index (κ2) is 6.29. The third kappa shape index (κ3) is 3.00. The van der Waals surface area contributed by atoms with Crippen LogP contribution in [0.5, 0.6) is 0 Å². The van der Waals surface area contributed by atoms with Gasteiger partial charge in [-0.2, -0.15) is 0 Å². The zero-order valence-electron chi connectivity index (χ0n) is 13.2. The lowest BCUT2D eigenvalue weighted by Crippen LogP contribution is -2.09. The second-order valence-electron chi connectivity index (χ2n) is 6.25. The second-order valence-corrected chi connectivity index (χ2v) is 6.25. The lowest BCUT2D eigenvalue weighted by molar-refractivity contribution is 0.760. The first-order valence-electron chi connectivity index (χ1n) is 8.36. The van der Waals surface area contributed by atoms with Gasteiger partial charge >= 0.3 is 0 Å². The summed E-state index contributed by atoms with van der Waals surface area (Å²) in [5.74, 6) is 0. The Hall–Kier alpha value is -2.54. The maximum absolute atomic E-state index is 3.79. The van der Waals surface area contributed by atoms with Gasteiger partial charge in [0, 0.05) is 5.69 Å². The van der Waals surface area contributed by atoms with Crippen molar-refractivity contribution in [1.29, 1.82) is 0 Å². The molecule has 0 saturated carbocycles. The molecule has 1 unspecified atom stereocenters. The Kier molecular flexibility index (Phi) is 3.85. The van der Waals surface area contributed by atoms with Crippen molar-refractivity contribution >= 4 is 5.69 Å². The maximum Gasteiger partial charge on any atom is 0.0519 e.